The number of aromatic nitrogens is 4. The van der Waals surface area contributed by atoms with Gasteiger partial charge < -0.3 is 9.88 Å². The van der Waals surface area contributed by atoms with Gasteiger partial charge in [-0.05, 0) is 31.7 Å². The van der Waals surface area contributed by atoms with E-state index in [1.807, 2.05) is 24.3 Å². The van der Waals surface area contributed by atoms with Crippen LogP contribution in [0.25, 0.3) is 22.1 Å². The Morgan fingerprint density at radius 1 is 1.32 bits per heavy atom. The molecule has 0 saturated heterocycles. The zero-order chi connectivity index (χ0) is 19.9. The van der Waals surface area contributed by atoms with Gasteiger partial charge in [0.05, 0.1) is 5.75 Å². The minimum atomic E-state index is -4.43. The number of hydrogen-bond donors (Lipinski definition) is 1. The molecule has 4 rings (SSSR count). The van der Waals surface area contributed by atoms with Crippen molar-refractivity contribution >= 4 is 39.7 Å². The van der Waals surface area contributed by atoms with Gasteiger partial charge in [0.15, 0.2) is 5.65 Å². The molecule has 0 unspecified atom stereocenters. The summed E-state index contributed by atoms with van der Waals surface area (Å²) in [5, 5.41) is 9.31. The second kappa shape index (κ2) is 7.23. The summed E-state index contributed by atoms with van der Waals surface area (Å²) in [6.07, 6.45) is -2.70. The summed E-state index contributed by atoms with van der Waals surface area (Å²) in [5.74, 6) is -0.584. The molecule has 2 heterocycles. The zero-order valence-electron chi connectivity index (χ0n) is 15.0. The van der Waals surface area contributed by atoms with E-state index in [1.54, 1.807) is 6.92 Å². The summed E-state index contributed by atoms with van der Waals surface area (Å²) in [7, 11) is 0. The van der Waals surface area contributed by atoms with Crippen molar-refractivity contribution in [3.8, 4) is 0 Å². The number of carbonyl (C=O) groups excluding carboxylic acids is 1. The van der Waals surface area contributed by atoms with E-state index in [-0.39, 0.29) is 16.8 Å². The molecule has 1 fully saturated rings. The van der Waals surface area contributed by atoms with E-state index in [0.717, 1.165) is 40.4 Å². The summed E-state index contributed by atoms with van der Waals surface area (Å²) in [5.41, 5.74) is 2.02. The van der Waals surface area contributed by atoms with E-state index < -0.39 is 24.7 Å². The van der Waals surface area contributed by atoms with Crippen molar-refractivity contribution in [1.82, 2.24) is 25.1 Å². The number of benzene rings is 1. The van der Waals surface area contributed by atoms with Gasteiger partial charge in [-0.25, -0.2) is 4.98 Å². The fourth-order valence-corrected chi connectivity index (χ4v) is 3.93. The third-order valence-corrected chi connectivity index (χ3v) is 5.72. The lowest BCUT2D eigenvalue weighted by atomic mass is 10.2. The summed E-state index contributed by atoms with van der Waals surface area (Å²) < 4.78 is 38.7. The van der Waals surface area contributed by atoms with Gasteiger partial charge in [-0.1, -0.05) is 30.0 Å². The van der Waals surface area contributed by atoms with E-state index in [9.17, 15) is 18.0 Å². The standard InChI is InChI=1S/C18H18F3N5OS/c1-10(11-6-7-11)26(9-18(19,20)21)14(27)8-28-17-23-16-15(24-25-17)12-4-2-3-5-13(12)22-16/h2-5,10-11H,6-9H2,1H3,(H,22,23,25)/t10-/m0/s1. The highest BCUT2D eigenvalue weighted by Gasteiger charge is 2.40. The number of alkyl halides is 3. The molecule has 0 spiro atoms. The Kier molecular flexibility index (Phi) is 4.90. The summed E-state index contributed by atoms with van der Waals surface area (Å²) in [4.78, 5) is 20.9. The predicted octanol–water partition coefficient (Wildman–Crippen LogP) is 3.79. The number of halogens is 3. The number of hydrogen-bond acceptors (Lipinski definition) is 5. The molecule has 1 aromatic carbocycles. The van der Waals surface area contributed by atoms with Crippen LogP contribution in [-0.4, -0.2) is 55.5 Å². The molecule has 28 heavy (non-hydrogen) atoms. The average molecular weight is 409 g/mol. The number of fused-ring (bicyclic) bond motifs is 3. The maximum Gasteiger partial charge on any atom is 0.406 e. The molecule has 148 valence electrons. The number of H-pyrrole nitrogens is 1. The summed E-state index contributed by atoms with van der Waals surface area (Å²) >= 11 is 0.994. The number of nitrogens with zero attached hydrogens (tertiary/aromatic N) is 4. The largest absolute Gasteiger partial charge is 0.406 e. The van der Waals surface area contributed by atoms with Crippen molar-refractivity contribution in [2.75, 3.05) is 12.3 Å². The lowest BCUT2D eigenvalue weighted by molar-refractivity contribution is -0.164. The van der Waals surface area contributed by atoms with Gasteiger partial charge in [-0.2, -0.15) is 13.2 Å². The van der Waals surface area contributed by atoms with E-state index in [1.165, 1.54) is 0 Å². The Balaban J connectivity index is 1.48. The van der Waals surface area contributed by atoms with Crippen molar-refractivity contribution in [1.29, 1.82) is 0 Å². The first-order valence-electron chi connectivity index (χ1n) is 8.92. The van der Waals surface area contributed by atoms with E-state index in [0.29, 0.717) is 11.2 Å². The maximum atomic E-state index is 12.9. The lowest BCUT2D eigenvalue weighted by Crippen LogP contribution is -2.46. The van der Waals surface area contributed by atoms with E-state index in [4.69, 9.17) is 0 Å². The SMILES string of the molecule is C[C@@H](C1CC1)N(CC(F)(F)F)C(=O)CSc1nnc2c(n1)[nH]c1ccccc12. The molecule has 0 radical (unpaired) electrons. The molecule has 3 aromatic rings. The van der Waals surface area contributed by atoms with Gasteiger partial charge in [0.25, 0.3) is 0 Å². The second-order valence-corrected chi connectivity index (χ2v) is 7.91. The number of para-hydroxylation sites is 1. The van der Waals surface area contributed by atoms with Crippen LogP contribution in [0, 0.1) is 5.92 Å². The normalized spacial score (nSPS) is 15.9. The molecule has 0 bridgehead atoms. The fraction of sp³-hybridized carbons (Fsp3) is 0.444. The Morgan fingerprint density at radius 2 is 2.07 bits per heavy atom. The zero-order valence-corrected chi connectivity index (χ0v) is 15.8. The van der Waals surface area contributed by atoms with Crippen LogP contribution in [0.5, 0.6) is 0 Å². The summed E-state index contributed by atoms with van der Waals surface area (Å²) in [6, 6.07) is 7.13. The molecule has 6 nitrogen and oxygen atoms in total. The van der Waals surface area contributed by atoms with Crippen LogP contribution in [0.2, 0.25) is 0 Å². The third-order valence-electron chi connectivity index (χ3n) is 4.89. The number of thioether (sulfide) groups is 1. The number of nitrogens with one attached hydrogen (secondary N) is 1. The van der Waals surface area contributed by atoms with E-state index >= 15 is 0 Å². The molecule has 1 aliphatic rings. The van der Waals surface area contributed by atoms with Crippen molar-refractivity contribution in [3.05, 3.63) is 24.3 Å². The molecule has 2 aromatic heterocycles. The molecule has 1 N–H and O–H groups in total. The first-order valence-corrected chi connectivity index (χ1v) is 9.90. The van der Waals surface area contributed by atoms with Crippen LogP contribution in [0.4, 0.5) is 13.2 Å². The molecule has 1 atom stereocenters. The van der Waals surface area contributed by atoms with Gasteiger partial charge in [0, 0.05) is 16.9 Å². The van der Waals surface area contributed by atoms with Gasteiger partial charge in [0.1, 0.15) is 12.1 Å². The number of aromatic amines is 1. The van der Waals surface area contributed by atoms with Gasteiger partial charge in [0.2, 0.25) is 11.1 Å². The first-order chi connectivity index (χ1) is 13.3. The molecule has 10 heteroatoms. The predicted molar refractivity (Wildman–Crippen MR) is 99.9 cm³/mol. The molecule has 0 aliphatic heterocycles. The van der Waals surface area contributed by atoms with Gasteiger partial charge in [-0.15, -0.1) is 10.2 Å². The number of amides is 1. The minimum absolute atomic E-state index is 0.150. The highest BCUT2D eigenvalue weighted by atomic mass is 32.2. The van der Waals surface area contributed by atoms with Gasteiger partial charge >= 0.3 is 6.18 Å². The quantitative estimate of drug-likeness (QED) is 0.627. The van der Waals surface area contributed by atoms with E-state index in [2.05, 4.69) is 20.2 Å². The van der Waals surface area contributed by atoms with Crippen LogP contribution in [0.1, 0.15) is 19.8 Å². The van der Waals surface area contributed by atoms with Crippen LogP contribution in [0.15, 0.2) is 29.4 Å². The minimum Gasteiger partial charge on any atom is -0.338 e. The molecule has 1 aliphatic carbocycles. The van der Waals surface area contributed by atoms with Crippen molar-refractivity contribution < 1.29 is 18.0 Å². The molecule has 1 amide bonds. The van der Waals surface area contributed by atoms with Crippen LogP contribution < -0.4 is 0 Å². The second-order valence-electron chi connectivity index (χ2n) is 6.97. The number of carbonyl (C=O) groups is 1. The smallest absolute Gasteiger partial charge is 0.338 e. The number of rotatable bonds is 6. The Morgan fingerprint density at radius 3 is 2.79 bits per heavy atom. The lowest BCUT2D eigenvalue weighted by Gasteiger charge is -2.30. The highest BCUT2D eigenvalue weighted by Crippen LogP contribution is 2.36. The van der Waals surface area contributed by atoms with Crippen LogP contribution in [0.3, 0.4) is 0 Å². The Bertz CT molecular complexity index is 1020. The van der Waals surface area contributed by atoms with Crippen LogP contribution in [-0.2, 0) is 4.79 Å². The van der Waals surface area contributed by atoms with Crippen molar-refractivity contribution in [3.63, 3.8) is 0 Å². The maximum absolute atomic E-state index is 12.9. The summed E-state index contributed by atoms with van der Waals surface area (Å²) in [6.45, 7) is 0.449. The third kappa shape index (κ3) is 4.06. The van der Waals surface area contributed by atoms with Crippen LogP contribution >= 0.6 is 11.8 Å². The van der Waals surface area contributed by atoms with Gasteiger partial charge in [-0.3, -0.25) is 4.79 Å². The highest BCUT2D eigenvalue weighted by molar-refractivity contribution is 7.99. The monoisotopic (exact) mass is 409 g/mol. The fourth-order valence-electron chi connectivity index (χ4n) is 3.26. The molecule has 1 saturated carbocycles. The average Bonchev–Trinajstić information content (AvgIpc) is 3.43. The first kappa shape index (κ1) is 19.0. The Hall–Kier alpha value is -2.36. The van der Waals surface area contributed by atoms with Crippen molar-refractivity contribution in [2.45, 2.75) is 37.1 Å². The molecular weight excluding hydrogens is 391 g/mol. The van der Waals surface area contributed by atoms with Crippen molar-refractivity contribution in [2.24, 2.45) is 5.92 Å². The topological polar surface area (TPSA) is 74.8 Å². The Labute approximate surface area is 162 Å². The molecular formula is C18H18F3N5OS.